The Kier molecular flexibility index (Phi) is 2.98. The number of carboxylic acids is 1. The predicted octanol–water partition coefficient (Wildman–Crippen LogP) is 2.39. The standard InChI is InChI=1S/C9H6N2O2S2/c12-9(13)6-3-4-10-11-8(6)15-7-2-1-5-14-7/h1-5H,(H,12,13). The molecular formula is C9H6N2O2S2. The molecule has 0 saturated heterocycles. The molecule has 15 heavy (non-hydrogen) atoms. The Bertz CT molecular complexity index is 471. The maximum atomic E-state index is 10.9. The molecule has 0 unspecified atom stereocenters. The van der Waals surface area contributed by atoms with Gasteiger partial charge in [-0.25, -0.2) is 4.79 Å². The smallest absolute Gasteiger partial charge is 0.338 e. The van der Waals surface area contributed by atoms with Gasteiger partial charge in [0, 0.05) is 0 Å². The highest BCUT2D eigenvalue weighted by atomic mass is 32.2. The van der Waals surface area contributed by atoms with E-state index in [0.717, 1.165) is 4.21 Å². The summed E-state index contributed by atoms with van der Waals surface area (Å²) in [5, 5.41) is 18.8. The average molecular weight is 238 g/mol. The van der Waals surface area contributed by atoms with Crippen molar-refractivity contribution in [1.82, 2.24) is 10.2 Å². The first kappa shape index (κ1) is 10.1. The first-order valence-electron chi connectivity index (χ1n) is 4.03. The Balaban J connectivity index is 2.32. The molecule has 0 radical (unpaired) electrons. The lowest BCUT2D eigenvalue weighted by atomic mass is 10.3. The van der Waals surface area contributed by atoms with Crippen molar-refractivity contribution in [2.24, 2.45) is 0 Å². The second kappa shape index (κ2) is 4.41. The minimum atomic E-state index is -0.982. The zero-order valence-corrected chi connectivity index (χ0v) is 9.09. The fraction of sp³-hybridized carbons (Fsp3) is 0. The van der Waals surface area contributed by atoms with Gasteiger partial charge in [0.1, 0.15) is 5.03 Å². The summed E-state index contributed by atoms with van der Waals surface area (Å²) in [5.41, 5.74) is 0.184. The lowest BCUT2D eigenvalue weighted by Crippen LogP contribution is -2.01. The second-order valence-electron chi connectivity index (χ2n) is 2.59. The van der Waals surface area contributed by atoms with E-state index >= 15 is 0 Å². The van der Waals surface area contributed by atoms with Crippen molar-refractivity contribution in [1.29, 1.82) is 0 Å². The molecule has 4 nitrogen and oxygen atoms in total. The van der Waals surface area contributed by atoms with Crippen LogP contribution in [0.5, 0.6) is 0 Å². The van der Waals surface area contributed by atoms with Gasteiger partial charge in [0.05, 0.1) is 16.0 Å². The number of aromatic nitrogens is 2. The molecule has 0 aliphatic heterocycles. The van der Waals surface area contributed by atoms with Crippen LogP contribution in [-0.2, 0) is 0 Å². The molecule has 0 atom stereocenters. The third-order valence-electron chi connectivity index (χ3n) is 1.61. The minimum absolute atomic E-state index is 0.184. The van der Waals surface area contributed by atoms with E-state index < -0.39 is 5.97 Å². The molecule has 2 aromatic heterocycles. The zero-order valence-electron chi connectivity index (χ0n) is 7.45. The van der Waals surface area contributed by atoms with Gasteiger partial charge in [-0.2, -0.15) is 5.10 Å². The Morgan fingerprint density at radius 2 is 2.33 bits per heavy atom. The van der Waals surface area contributed by atoms with Crippen molar-refractivity contribution >= 4 is 29.1 Å². The fourth-order valence-electron chi connectivity index (χ4n) is 0.974. The number of carboxylic acid groups (broad SMARTS) is 1. The summed E-state index contributed by atoms with van der Waals surface area (Å²) in [7, 11) is 0. The molecular weight excluding hydrogens is 232 g/mol. The van der Waals surface area contributed by atoms with Gasteiger partial charge >= 0.3 is 5.97 Å². The highest BCUT2D eigenvalue weighted by Crippen LogP contribution is 2.31. The molecule has 0 aliphatic carbocycles. The van der Waals surface area contributed by atoms with E-state index in [1.807, 2.05) is 17.5 Å². The van der Waals surface area contributed by atoms with Crippen LogP contribution in [0.15, 0.2) is 39.0 Å². The Labute approximate surface area is 94.0 Å². The first-order chi connectivity index (χ1) is 7.27. The van der Waals surface area contributed by atoms with Crippen LogP contribution in [0, 0.1) is 0 Å². The molecule has 2 rings (SSSR count). The van der Waals surface area contributed by atoms with Crippen LogP contribution in [-0.4, -0.2) is 21.3 Å². The summed E-state index contributed by atoms with van der Waals surface area (Å²) in [6.07, 6.45) is 1.38. The Morgan fingerprint density at radius 3 is 3.00 bits per heavy atom. The summed E-state index contributed by atoms with van der Waals surface area (Å²) >= 11 is 2.85. The molecule has 0 saturated carbocycles. The maximum absolute atomic E-state index is 10.9. The van der Waals surface area contributed by atoms with Crippen LogP contribution >= 0.6 is 23.1 Å². The molecule has 1 N–H and O–H groups in total. The van der Waals surface area contributed by atoms with E-state index in [1.54, 1.807) is 11.3 Å². The van der Waals surface area contributed by atoms with Crippen LogP contribution < -0.4 is 0 Å². The van der Waals surface area contributed by atoms with Crippen molar-refractivity contribution in [2.45, 2.75) is 9.24 Å². The highest BCUT2D eigenvalue weighted by molar-refractivity contribution is 8.01. The number of aromatic carboxylic acids is 1. The Morgan fingerprint density at radius 1 is 1.47 bits per heavy atom. The molecule has 0 aliphatic rings. The van der Waals surface area contributed by atoms with E-state index in [2.05, 4.69) is 10.2 Å². The molecule has 2 heterocycles. The Hall–Kier alpha value is -1.40. The normalized spacial score (nSPS) is 10.1. The number of rotatable bonds is 3. The minimum Gasteiger partial charge on any atom is -0.478 e. The van der Waals surface area contributed by atoms with E-state index in [-0.39, 0.29) is 5.56 Å². The zero-order chi connectivity index (χ0) is 10.7. The largest absolute Gasteiger partial charge is 0.478 e. The molecule has 0 aromatic carbocycles. The van der Waals surface area contributed by atoms with E-state index in [1.165, 1.54) is 24.0 Å². The van der Waals surface area contributed by atoms with Gasteiger partial charge in [-0.1, -0.05) is 17.8 Å². The summed E-state index contributed by atoms with van der Waals surface area (Å²) < 4.78 is 0.998. The van der Waals surface area contributed by atoms with E-state index in [4.69, 9.17) is 5.11 Å². The summed E-state index contributed by atoms with van der Waals surface area (Å²) in [4.78, 5) is 10.9. The average Bonchev–Trinajstić information content (AvgIpc) is 2.71. The van der Waals surface area contributed by atoms with Crippen LogP contribution in [0.3, 0.4) is 0 Å². The van der Waals surface area contributed by atoms with Crippen LogP contribution in [0.25, 0.3) is 0 Å². The predicted molar refractivity (Wildman–Crippen MR) is 57.4 cm³/mol. The fourth-order valence-corrected chi connectivity index (χ4v) is 2.71. The quantitative estimate of drug-likeness (QED) is 0.889. The number of carbonyl (C=O) groups is 1. The van der Waals surface area contributed by atoms with Gasteiger partial charge in [0.15, 0.2) is 0 Å². The second-order valence-corrected chi connectivity index (χ2v) is 4.83. The summed E-state index contributed by atoms with van der Waals surface area (Å²) in [5.74, 6) is -0.982. The van der Waals surface area contributed by atoms with Gasteiger partial charge in [-0.05, 0) is 17.5 Å². The monoisotopic (exact) mass is 238 g/mol. The SMILES string of the molecule is O=C(O)c1ccnnc1Sc1cccs1. The lowest BCUT2D eigenvalue weighted by molar-refractivity contribution is 0.0692. The van der Waals surface area contributed by atoms with Gasteiger partial charge in [0.25, 0.3) is 0 Å². The van der Waals surface area contributed by atoms with Crippen molar-refractivity contribution in [3.8, 4) is 0 Å². The van der Waals surface area contributed by atoms with Gasteiger partial charge in [0.2, 0.25) is 0 Å². The molecule has 76 valence electrons. The molecule has 0 bridgehead atoms. The number of hydrogen-bond acceptors (Lipinski definition) is 5. The maximum Gasteiger partial charge on any atom is 0.338 e. The van der Waals surface area contributed by atoms with Crippen LogP contribution in [0.4, 0.5) is 0 Å². The highest BCUT2D eigenvalue weighted by Gasteiger charge is 2.12. The van der Waals surface area contributed by atoms with Crippen molar-refractivity contribution in [3.05, 3.63) is 35.3 Å². The van der Waals surface area contributed by atoms with Crippen LogP contribution in [0.2, 0.25) is 0 Å². The molecule has 0 spiro atoms. The third kappa shape index (κ3) is 2.34. The lowest BCUT2D eigenvalue weighted by Gasteiger charge is -2.00. The number of nitrogens with zero attached hydrogens (tertiary/aromatic N) is 2. The molecule has 0 amide bonds. The molecule has 2 aromatic rings. The van der Waals surface area contributed by atoms with Gasteiger partial charge in [-0.3, -0.25) is 0 Å². The number of thiophene rings is 1. The van der Waals surface area contributed by atoms with Gasteiger partial charge in [-0.15, -0.1) is 16.4 Å². The summed E-state index contributed by atoms with van der Waals surface area (Å²) in [6.45, 7) is 0. The third-order valence-corrected chi connectivity index (χ3v) is 3.64. The molecule has 6 heteroatoms. The van der Waals surface area contributed by atoms with Gasteiger partial charge < -0.3 is 5.11 Å². The topological polar surface area (TPSA) is 63.1 Å². The first-order valence-corrected chi connectivity index (χ1v) is 5.73. The van der Waals surface area contributed by atoms with Crippen molar-refractivity contribution < 1.29 is 9.90 Å². The van der Waals surface area contributed by atoms with E-state index in [0.29, 0.717) is 5.03 Å². The van der Waals surface area contributed by atoms with Crippen LogP contribution in [0.1, 0.15) is 10.4 Å². The van der Waals surface area contributed by atoms with Crippen molar-refractivity contribution in [2.75, 3.05) is 0 Å². The number of hydrogen-bond donors (Lipinski definition) is 1. The molecule has 0 fully saturated rings. The summed E-state index contributed by atoms with van der Waals surface area (Å²) in [6, 6.07) is 5.27. The van der Waals surface area contributed by atoms with Crippen molar-refractivity contribution in [3.63, 3.8) is 0 Å². The van der Waals surface area contributed by atoms with E-state index in [9.17, 15) is 4.79 Å².